The van der Waals surface area contributed by atoms with Crippen molar-refractivity contribution in [3.8, 4) is 6.07 Å². The summed E-state index contributed by atoms with van der Waals surface area (Å²) in [6, 6.07) is 15.0. The summed E-state index contributed by atoms with van der Waals surface area (Å²) in [5.74, 6) is 0. The van der Waals surface area contributed by atoms with Crippen LogP contribution in [0.5, 0.6) is 0 Å². The Labute approximate surface area is 214 Å². The molecule has 12 heteroatoms. The Hall–Kier alpha value is -4.88. The lowest BCUT2D eigenvalue weighted by molar-refractivity contribution is 0.240. The molecule has 6 N–H and O–H groups in total. The van der Waals surface area contributed by atoms with Gasteiger partial charge in [0.05, 0.1) is 19.0 Å². The highest BCUT2D eigenvalue weighted by atomic mass is 16.2. The number of hydrogen-bond donors (Lipinski definition) is 6. The lowest BCUT2D eigenvalue weighted by Gasteiger charge is -2.10. The first-order valence-corrected chi connectivity index (χ1v) is 11.7. The summed E-state index contributed by atoms with van der Waals surface area (Å²) in [5, 5.41) is 24.9. The van der Waals surface area contributed by atoms with Crippen LogP contribution in [0, 0.1) is 11.3 Å². The predicted molar refractivity (Wildman–Crippen MR) is 139 cm³/mol. The van der Waals surface area contributed by atoms with Gasteiger partial charge in [-0.25, -0.2) is 24.2 Å². The van der Waals surface area contributed by atoms with Crippen LogP contribution in [-0.4, -0.2) is 50.4 Å². The molecule has 0 fully saturated rings. The molecule has 0 aliphatic carbocycles. The van der Waals surface area contributed by atoms with E-state index in [1.807, 2.05) is 0 Å². The molecule has 2 aromatic carbocycles. The molecule has 0 saturated heterocycles. The fraction of sp³-hybridized carbons (Fsp3) is 0.320. The van der Waals surface area contributed by atoms with Gasteiger partial charge in [0.2, 0.25) is 6.08 Å². The summed E-state index contributed by atoms with van der Waals surface area (Å²) in [5.41, 5.74) is 2.94. The SMILES string of the molecule is N#CCc1ccc(NC(=O)NCCCNC(=O)NCCCNC(=O)Nc2ccc(CN=C=O)cc2)cc1. The zero-order chi connectivity index (χ0) is 26.7. The van der Waals surface area contributed by atoms with E-state index in [0.29, 0.717) is 56.8 Å². The molecular weight excluding hydrogens is 476 g/mol. The minimum atomic E-state index is -0.365. The first kappa shape index (κ1) is 28.4. The van der Waals surface area contributed by atoms with Crippen LogP contribution < -0.4 is 31.9 Å². The Morgan fingerprint density at radius 2 is 1.11 bits per heavy atom. The van der Waals surface area contributed by atoms with Crippen LogP contribution in [0.2, 0.25) is 0 Å². The number of benzene rings is 2. The standard InChI is InChI=1S/C25H30N8O4/c26-12-11-19-3-7-21(8-4-19)32-24(36)30-15-1-13-28-23(35)29-14-2-16-31-25(37)33-22-9-5-20(6-10-22)17-27-18-34/h3-10H,1-2,11,13-17H2,(H2,28,29,35)(H2,30,32,36)(H2,31,33,37). The Balaban J connectivity index is 1.46. The summed E-state index contributed by atoms with van der Waals surface area (Å²) >= 11 is 0. The van der Waals surface area contributed by atoms with Gasteiger partial charge in [0.1, 0.15) is 0 Å². The van der Waals surface area contributed by atoms with Crippen LogP contribution in [0.1, 0.15) is 24.0 Å². The third-order valence-corrected chi connectivity index (χ3v) is 4.88. The lowest BCUT2D eigenvalue weighted by Crippen LogP contribution is -2.39. The number of aliphatic imine (C=N–C) groups is 1. The molecule has 0 atom stereocenters. The molecule has 6 amide bonds. The van der Waals surface area contributed by atoms with Gasteiger partial charge in [-0.2, -0.15) is 5.26 Å². The van der Waals surface area contributed by atoms with E-state index in [1.165, 1.54) is 6.08 Å². The molecule has 2 aromatic rings. The highest BCUT2D eigenvalue weighted by Crippen LogP contribution is 2.10. The number of urea groups is 3. The maximum absolute atomic E-state index is 11.9. The van der Waals surface area contributed by atoms with Gasteiger partial charge < -0.3 is 31.9 Å². The summed E-state index contributed by atoms with van der Waals surface area (Å²) in [4.78, 5) is 49.3. The molecule has 0 saturated carbocycles. The van der Waals surface area contributed by atoms with Crippen molar-refractivity contribution in [2.24, 2.45) is 4.99 Å². The van der Waals surface area contributed by atoms with Crippen molar-refractivity contribution in [1.82, 2.24) is 21.3 Å². The number of amides is 6. The Morgan fingerprint density at radius 1 is 0.676 bits per heavy atom. The molecule has 0 heterocycles. The van der Waals surface area contributed by atoms with Gasteiger partial charge in [-0.1, -0.05) is 24.3 Å². The van der Waals surface area contributed by atoms with Crippen LogP contribution in [0.3, 0.4) is 0 Å². The minimum Gasteiger partial charge on any atom is -0.338 e. The van der Waals surface area contributed by atoms with E-state index < -0.39 is 0 Å². The second kappa shape index (κ2) is 16.7. The smallest absolute Gasteiger partial charge is 0.319 e. The summed E-state index contributed by atoms with van der Waals surface area (Å²) in [6.45, 7) is 1.76. The van der Waals surface area contributed by atoms with Crippen molar-refractivity contribution < 1.29 is 19.2 Å². The van der Waals surface area contributed by atoms with E-state index in [4.69, 9.17) is 5.26 Å². The average Bonchev–Trinajstić information content (AvgIpc) is 2.89. The molecule has 0 unspecified atom stereocenters. The van der Waals surface area contributed by atoms with E-state index in [1.54, 1.807) is 48.5 Å². The molecule has 0 aliphatic heterocycles. The van der Waals surface area contributed by atoms with Crippen molar-refractivity contribution in [2.75, 3.05) is 36.8 Å². The zero-order valence-electron chi connectivity index (χ0n) is 20.3. The zero-order valence-corrected chi connectivity index (χ0v) is 20.3. The highest BCUT2D eigenvalue weighted by molar-refractivity contribution is 5.89. The molecule has 0 aliphatic rings. The first-order valence-electron chi connectivity index (χ1n) is 11.7. The molecule has 194 valence electrons. The average molecular weight is 507 g/mol. The van der Waals surface area contributed by atoms with Crippen LogP contribution in [0.25, 0.3) is 0 Å². The minimum absolute atomic E-state index is 0.242. The number of anilines is 2. The largest absolute Gasteiger partial charge is 0.338 e. The quantitative estimate of drug-likeness (QED) is 0.139. The summed E-state index contributed by atoms with van der Waals surface area (Å²) < 4.78 is 0. The van der Waals surface area contributed by atoms with Gasteiger partial charge in [-0.05, 0) is 48.2 Å². The van der Waals surface area contributed by atoms with Gasteiger partial charge >= 0.3 is 18.1 Å². The second-order valence-corrected chi connectivity index (χ2v) is 7.79. The number of nitriles is 1. The summed E-state index contributed by atoms with van der Waals surface area (Å²) in [6.07, 6.45) is 2.89. The lowest BCUT2D eigenvalue weighted by atomic mass is 10.1. The van der Waals surface area contributed by atoms with Gasteiger partial charge in [-0.15, -0.1) is 0 Å². The third-order valence-electron chi connectivity index (χ3n) is 4.88. The second-order valence-electron chi connectivity index (χ2n) is 7.79. The number of nitrogens with zero attached hydrogens (tertiary/aromatic N) is 2. The summed E-state index contributed by atoms with van der Waals surface area (Å²) in [7, 11) is 0. The van der Waals surface area contributed by atoms with Crippen LogP contribution in [-0.2, 0) is 17.8 Å². The molecular formula is C25H30N8O4. The number of nitrogens with one attached hydrogen (secondary N) is 6. The predicted octanol–water partition coefficient (Wildman–Crippen LogP) is 2.61. The first-order chi connectivity index (χ1) is 18.0. The molecule has 37 heavy (non-hydrogen) atoms. The molecule has 0 radical (unpaired) electrons. The monoisotopic (exact) mass is 506 g/mol. The van der Waals surface area contributed by atoms with Crippen molar-refractivity contribution in [2.45, 2.75) is 25.8 Å². The maximum atomic E-state index is 11.9. The Morgan fingerprint density at radius 3 is 1.54 bits per heavy atom. The number of carbonyl (C=O) groups excluding carboxylic acids is 4. The number of isocyanates is 1. The maximum Gasteiger partial charge on any atom is 0.319 e. The highest BCUT2D eigenvalue weighted by Gasteiger charge is 2.04. The topological polar surface area (TPSA) is 177 Å². The van der Waals surface area contributed by atoms with Crippen LogP contribution >= 0.6 is 0 Å². The third kappa shape index (κ3) is 12.4. The van der Waals surface area contributed by atoms with Crippen LogP contribution in [0.4, 0.5) is 25.8 Å². The molecule has 2 rings (SSSR count). The fourth-order valence-electron chi connectivity index (χ4n) is 3.01. The normalized spacial score (nSPS) is 9.70. The molecule has 0 spiro atoms. The van der Waals surface area contributed by atoms with E-state index in [-0.39, 0.29) is 24.6 Å². The Kier molecular flexibility index (Phi) is 12.8. The Bertz CT molecular complexity index is 1110. The number of hydrogen-bond acceptors (Lipinski definition) is 6. The van der Waals surface area contributed by atoms with Crippen molar-refractivity contribution in [3.05, 3.63) is 59.7 Å². The van der Waals surface area contributed by atoms with Gasteiger partial charge in [-0.3, -0.25) is 0 Å². The van der Waals surface area contributed by atoms with E-state index in [2.05, 4.69) is 43.0 Å². The number of rotatable bonds is 13. The van der Waals surface area contributed by atoms with Gasteiger partial charge in [0.25, 0.3) is 0 Å². The van der Waals surface area contributed by atoms with Crippen molar-refractivity contribution in [3.63, 3.8) is 0 Å². The fourth-order valence-corrected chi connectivity index (χ4v) is 3.01. The molecule has 0 aromatic heterocycles. The van der Waals surface area contributed by atoms with Gasteiger partial charge in [0.15, 0.2) is 0 Å². The van der Waals surface area contributed by atoms with E-state index in [9.17, 15) is 19.2 Å². The van der Waals surface area contributed by atoms with E-state index in [0.717, 1.165) is 11.1 Å². The molecule has 0 bridgehead atoms. The molecule has 12 nitrogen and oxygen atoms in total. The van der Waals surface area contributed by atoms with Gasteiger partial charge in [0, 0.05) is 37.6 Å². The van der Waals surface area contributed by atoms with Crippen molar-refractivity contribution >= 4 is 35.5 Å². The van der Waals surface area contributed by atoms with Crippen LogP contribution in [0.15, 0.2) is 53.5 Å². The number of carbonyl (C=O) groups is 3. The van der Waals surface area contributed by atoms with E-state index >= 15 is 0 Å². The van der Waals surface area contributed by atoms with Crippen molar-refractivity contribution in [1.29, 1.82) is 5.26 Å².